The third-order valence-electron chi connectivity index (χ3n) is 2.48. The van der Waals surface area contributed by atoms with Crippen molar-refractivity contribution in [2.45, 2.75) is 13.1 Å². The van der Waals surface area contributed by atoms with Crippen LogP contribution in [0.5, 0.6) is 5.75 Å². The van der Waals surface area contributed by atoms with Crippen LogP contribution < -0.4 is 10.1 Å². The Labute approximate surface area is 111 Å². The minimum Gasteiger partial charge on any atom is -0.495 e. The predicted octanol–water partition coefficient (Wildman–Crippen LogP) is 2.43. The minimum absolute atomic E-state index is 0.622. The molecule has 2 aromatic rings. The van der Waals surface area contributed by atoms with Gasteiger partial charge in [-0.2, -0.15) is 10.2 Å². The fraction of sp³-hybridized carbons (Fsp3) is 0.231. The molecule has 0 saturated carbocycles. The predicted molar refractivity (Wildman–Crippen MR) is 70.6 cm³/mol. The Morgan fingerprint density at radius 2 is 2.17 bits per heavy atom. The molecule has 0 atom stereocenters. The molecule has 0 amide bonds. The van der Waals surface area contributed by atoms with Gasteiger partial charge in [0.1, 0.15) is 5.75 Å². The molecule has 5 heteroatoms. The fourth-order valence-corrected chi connectivity index (χ4v) is 1.86. The first kappa shape index (κ1) is 12.8. The van der Waals surface area contributed by atoms with Gasteiger partial charge in [-0.15, -0.1) is 0 Å². The van der Waals surface area contributed by atoms with Crippen LogP contribution in [0.3, 0.4) is 0 Å². The average molecular weight is 264 g/mol. The summed E-state index contributed by atoms with van der Waals surface area (Å²) in [6, 6.07) is 9.54. The summed E-state index contributed by atoms with van der Waals surface area (Å²) < 4.78 is 5.10. The van der Waals surface area contributed by atoms with Crippen LogP contribution in [0.2, 0.25) is 5.02 Å². The van der Waals surface area contributed by atoms with Crippen molar-refractivity contribution >= 4 is 11.6 Å². The van der Waals surface area contributed by atoms with Crippen LogP contribution in [-0.2, 0) is 13.1 Å². The third kappa shape index (κ3) is 3.42. The molecule has 0 bridgehead atoms. The summed E-state index contributed by atoms with van der Waals surface area (Å²) in [5, 5.41) is 11.7. The van der Waals surface area contributed by atoms with Gasteiger partial charge in [0, 0.05) is 19.3 Å². The van der Waals surface area contributed by atoms with Crippen molar-refractivity contribution in [1.82, 2.24) is 15.5 Å². The van der Waals surface area contributed by atoms with E-state index in [9.17, 15) is 0 Å². The van der Waals surface area contributed by atoms with E-state index in [-0.39, 0.29) is 0 Å². The normalized spacial score (nSPS) is 10.3. The molecule has 4 nitrogen and oxygen atoms in total. The lowest BCUT2D eigenvalue weighted by Gasteiger charge is -2.07. The summed E-state index contributed by atoms with van der Waals surface area (Å²) in [5.74, 6) is 0.689. The van der Waals surface area contributed by atoms with E-state index in [0.29, 0.717) is 17.3 Å². The molecule has 1 N–H and O–H groups in total. The highest BCUT2D eigenvalue weighted by molar-refractivity contribution is 6.32. The Morgan fingerprint density at radius 3 is 2.83 bits per heavy atom. The first-order valence-electron chi connectivity index (χ1n) is 5.59. The van der Waals surface area contributed by atoms with E-state index in [1.54, 1.807) is 13.3 Å². The van der Waals surface area contributed by atoms with Crippen molar-refractivity contribution in [2.75, 3.05) is 7.11 Å². The van der Waals surface area contributed by atoms with E-state index in [2.05, 4.69) is 15.5 Å². The quantitative estimate of drug-likeness (QED) is 0.900. The van der Waals surface area contributed by atoms with Gasteiger partial charge in [0.15, 0.2) is 0 Å². The monoisotopic (exact) mass is 263 g/mol. The van der Waals surface area contributed by atoms with Gasteiger partial charge in [0.25, 0.3) is 0 Å². The Morgan fingerprint density at radius 1 is 1.28 bits per heavy atom. The Balaban J connectivity index is 1.89. The molecule has 0 spiro atoms. The Hall–Kier alpha value is -1.65. The Bertz CT molecular complexity index is 505. The summed E-state index contributed by atoms with van der Waals surface area (Å²) in [4.78, 5) is 0. The van der Waals surface area contributed by atoms with Gasteiger partial charge in [-0.25, -0.2) is 0 Å². The molecular weight excluding hydrogens is 250 g/mol. The van der Waals surface area contributed by atoms with Gasteiger partial charge in [0.05, 0.1) is 17.8 Å². The number of hydrogen-bond acceptors (Lipinski definition) is 4. The smallest absolute Gasteiger partial charge is 0.137 e. The summed E-state index contributed by atoms with van der Waals surface area (Å²) >= 11 is 6.05. The van der Waals surface area contributed by atoms with E-state index >= 15 is 0 Å². The molecule has 0 aliphatic heterocycles. The second kappa shape index (κ2) is 6.33. The maximum atomic E-state index is 6.05. The van der Waals surface area contributed by atoms with Crippen molar-refractivity contribution in [3.8, 4) is 5.75 Å². The van der Waals surface area contributed by atoms with Gasteiger partial charge in [-0.3, -0.25) is 0 Å². The molecule has 0 aliphatic carbocycles. The van der Waals surface area contributed by atoms with E-state index in [0.717, 1.165) is 17.8 Å². The molecule has 2 rings (SSSR count). The Kier molecular flexibility index (Phi) is 4.50. The number of aromatic nitrogens is 2. The summed E-state index contributed by atoms with van der Waals surface area (Å²) in [5.41, 5.74) is 2.02. The summed E-state index contributed by atoms with van der Waals surface area (Å²) in [6.45, 7) is 1.40. The lowest BCUT2D eigenvalue weighted by molar-refractivity contribution is 0.415. The average Bonchev–Trinajstić information content (AvgIpc) is 2.40. The standard InChI is InChI=1S/C13H14ClN3O/c1-18-13-5-4-10(7-12(13)14)8-15-9-11-3-2-6-16-17-11/h2-7,15H,8-9H2,1H3. The van der Waals surface area contributed by atoms with Crippen LogP contribution >= 0.6 is 11.6 Å². The van der Waals surface area contributed by atoms with Crippen LogP contribution in [0, 0.1) is 0 Å². The maximum absolute atomic E-state index is 6.05. The number of ether oxygens (including phenoxy) is 1. The molecule has 1 aromatic carbocycles. The number of rotatable bonds is 5. The SMILES string of the molecule is COc1ccc(CNCc2cccnn2)cc1Cl. The zero-order valence-corrected chi connectivity index (χ0v) is 10.8. The molecule has 1 heterocycles. The van der Waals surface area contributed by atoms with Gasteiger partial charge in [-0.1, -0.05) is 17.7 Å². The minimum atomic E-state index is 0.622. The van der Waals surface area contributed by atoms with Crippen molar-refractivity contribution in [1.29, 1.82) is 0 Å². The van der Waals surface area contributed by atoms with E-state index in [1.807, 2.05) is 30.3 Å². The van der Waals surface area contributed by atoms with E-state index in [1.165, 1.54) is 0 Å². The lowest BCUT2D eigenvalue weighted by atomic mass is 10.2. The van der Waals surface area contributed by atoms with Gasteiger partial charge in [-0.05, 0) is 29.8 Å². The number of nitrogens with zero attached hydrogens (tertiary/aromatic N) is 2. The first-order chi connectivity index (χ1) is 8.79. The number of halogens is 1. The number of methoxy groups -OCH3 is 1. The van der Waals surface area contributed by atoms with E-state index in [4.69, 9.17) is 16.3 Å². The van der Waals surface area contributed by atoms with Crippen LogP contribution in [0.15, 0.2) is 36.5 Å². The van der Waals surface area contributed by atoms with E-state index < -0.39 is 0 Å². The largest absolute Gasteiger partial charge is 0.495 e. The molecule has 0 aliphatic rings. The molecule has 18 heavy (non-hydrogen) atoms. The molecule has 0 saturated heterocycles. The second-order valence-electron chi connectivity index (χ2n) is 3.79. The fourth-order valence-electron chi connectivity index (χ4n) is 1.58. The van der Waals surface area contributed by atoms with Crippen LogP contribution in [0.1, 0.15) is 11.3 Å². The summed E-state index contributed by atoms with van der Waals surface area (Å²) in [6.07, 6.45) is 1.66. The van der Waals surface area contributed by atoms with Gasteiger partial charge < -0.3 is 10.1 Å². The van der Waals surface area contributed by atoms with Gasteiger partial charge >= 0.3 is 0 Å². The molecule has 94 valence electrons. The first-order valence-corrected chi connectivity index (χ1v) is 5.97. The van der Waals surface area contributed by atoms with Crippen molar-refractivity contribution in [2.24, 2.45) is 0 Å². The highest BCUT2D eigenvalue weighted by Crippen LogP contribution is 2.24. The topological polar surface area (TPSA) is 47.0 Å². The summed E-state index contributed by atoms with van der Waals surface area (Å²) in [7, 11) is 1.60. The maximum Gasteiger partial charge on any atom is 0.137 e. The lowest BCUT2D eigenvalue weighted by Crippen LogP contribution is -2.13. The second-order valence-corrected chi connectivity index (χ2v) is 4.19. The molecule has 0 unspecified atom stereocenters. The zero-order chi connectivity index (χ0) is 12.8. The molecule has 0 radical (unpaired) electrons. The van der Waals surface area contributed by atoms with Crippen molar-refractivity contribution in [3.63, 3.8) is 0 Å². The highest BCUT2D eigenvalue weighted by Gasteiger charge is 2.01. The number of benzene rings is 1. The number of hydrogen-bond donors (Lipinski definition) is 1. The zero-order valence-electron chi connectivity index (χ0n) is 10.1. The third-order valence-corrected chi connectivity index (χ3v) is 2.77. The molecule has 1 aromatic heterocycles. The number of nitrogens with one attached hydrogen (secondary N) is 1. The van der Waals surface area contributed by atoms with Crippen molar-refractivity contribution in [3.05, 3.63) is 52.8 Å². The van der Waals surface area contributed by atoms with Crippen molar-refractivity contribution < 1.29 is 4.74 Å². The van der Waals surface area contributed by atoms with Gasteiger partial charge in [0.2, 0.25) is 0 Å². The van der Waals surface area contributed by atoms with Crippen LogP contribution in [0.25, 0.3) is 0 Å². The van der Waals surface area contributed by atoms with Crippen LogP contribution in [-0.4, -0.2) is 17.3 Å². The highest BCUT2D eigenvalue weighted by atomic mass is 35.5. The molecule has 0 fully saturated rings. The van der Waals surface area contributed by atoms with Crippen LogP contribution in [0.4, 0.5) is 0 Å². The molecular formula is C13H14ClN3O.